The van der Waals surface area contributed by atoms with Crippen molar-refractivity contribution in [2.45, 2.75) is 32.8 Å². The third-order valence-electron chi connectivity index (χ3n) is 4.00. The Morgan fingerprint density at radius 2 is 2.26 bits per heavy atom. The molecule has 0 radical (unpaired) electrons. The fourth-order valence-electron chi connectivity index (χ4n) is 2.51. The van der Waals surface area contributed by atoms with Crippen LogP contribution >= 0.6 is 0 Å². The van der Waals surface area contributed by atoms with Gasteiger partial charge in [0.05, 0.1) is 18.8 Å². The summed E-state index contributed by atoms with van der Waals surface area (Å²) in [5, 5.41) is 2.93. The number of hydrogen-bond donors (Lipinski definition) is 1. The first kappa shape index (κ1) is 17.7. The predicted molar refractivity (Wildman–Crippen MR) is 88.8 cm³/mol. The van der Waals surface area contributed by atoms with Gasteiger partial charge in [-0.2, -0.15) is 0 Å². The van der Waals surface area contributed by atoms with Crippen LogP contribution in [0.1, 0.15) is 37.0 Å². The molecule has 2 rings (SSSR count). The highest BCUT2D eigenvalue weighted by molar-refractivity contribution is 5.93. The Morgan fingerprint density at radius 3 is 2.87 bits per heavy atom. The van der Waals surface area contributed by atoms with Gasteiger partial charge in [0.25, 0.3) is 5.91 Å². The molecular weight excluding hydrogens is 294 g/mol. The van der Waals surface area contributed by atoms with E-state index in [4.69, 9.17) is 9.47 Å². The zero-order chi connectivity index (χ0) is 16.5. The van der Waals surface area contributed by atoms with Crippen LogP contribution in [0.4, 0.5) is 0 Å². The number of nitrogens with zero attached hydrogens (tertiary/aromatic N) is 2. The number of nitrogens with one attached hydrogen (secondary N) is 1. The maximum absolute atomic E-state index is 12.1. The second kappa shape index (κ2) is 9.47. The topological polar surface area (TPSA) is 63.7 Å². The van der Waals surface area contributed by atoms with Gasteiger partial charge in [0.2, 0.25) is 5.88 Å². The fraction of sp³-hybridized carbons (Fsp3) is 0.647. The Morgan fingerprint density at radius 1 is 1.43 bits per heavy atom. The zero-order valence-corrected chi connectivity index (χ0v) is 14.1. The minimum absolute atomic E-state index is 0.0715. The molecule has 1 N–H and O–H groups in total. The van der Waals surface area contributed by atoms with Gasteiger partial charge in [-0.1, -0.05) is 13.8 Å². The molecule has 128 valence electrons. The molecule has 6 heteroatoms. The summed E-state index contributed by atoms with van der Waals surface area (Å²) in [6.45, 7) is 9.40. The molecule has 1 unspecified atom stereocenters. The van der Waals surface area contributed by atoms with Crippen LogP contribution in [0.15, 0.2) is 18.3 Å². The molecule has 0 spiro atoms. The van der Waals surface area contributed by atoms with Gasteiger partial charge in [-0.25, -0.2) is 4.98 Å². The molecule has 6 nitrogen and oxygen atoms in total. The van der Waals surface area contributed by atoms with Gasteiger partial charge in [0, 0.05) is 25.2 Å². The average Bonchev–Trinajstić information content (AvgIpc) is 3.08. The van der Waals surface area contributed by atoms with E-state index in [0.717, 1.165) is 39.1 Å². The molecule has 1 atom stereocenters. The number of carbonyl (C=O) groups is 1. The molecule has 0 bridgehead atoms. The number of carbonyl (C=O) groups excluding carboxylic acids is 1. The fourth-order valence-corrected chi connectivity index (χ4v) is 2.51. The van der Waals surface area contributed by atoms with Gasteiger partial charge in [0.1, 0.15) is 6.10 Å². The molecule has 1 aromatic heterocycles. The highest BCUT2D eigenvalue weighted by Crippen LogP contribution is 2.14. The van der Waals surface area contributed by atoms with Crippen molar-refractivity contribution in [3.8, 4) is 5.88 Å². The smallest absolute Gasteiger partial charge is 0.252 e. The molecule has 1 saturated heterocycles. The first-order valence-electron chi connectivity index (χ1n) is 8.44. The Kier molecular flexibility index (Phi) is 7.29. The number of hydrogen-bond acceptors (Lipinski definition) is 5. The number of rotatable bonds is 9. The van der Waals surface area contributed by atoms with E-state index in [2.05, 4.69) is 29.0 Å². The Balaban J connectivity index is 1.71. The van der Waals surface area contributed by atoms with Crippen LogP contribution in [-0.4, -0.2) is 61.3 Å². The van der Waals surface area contributed by atoms with Crippen LogP contribution in [-0.2, 0) is 4.74 Å². The summed E-state index contributed by atoms with van der Waals surface area (Å²) in [4.78, 5) is 18.6. The molecule has 1 aromatic rings. The molecule has 1 aliphatic rings. The van der Waals surface area contributed by atoms with E-state index in [1.807, 2.05) is 0 Å². The highest BCUT2D eigenvalue weighted by atomic mass is 16.5. The first-order chi connectivity index (χ1) is 11.2. The van der Waals surface area contributed by atoms with Crippen molar-refractivity contribution in [1.82, 2.24) is 15.2 Å². The molecular formula is C17H27N3O3. The van der Waals surface area contributed by atoms with Crippen molar-refractivity contribution < 1.29 is 14.3 Å². The minimum atomic E-state index is -0.0900. The number of ether oxygens (including phenoxy) is 2. The summed E-state index contributed by atoms with van der Waals surface area (Å²) in [5.41, 5.74) is 0.558. The van der Waals surface area contributed by atoms with Crippen molar-refractivity contribution in [2.24, 2.45) is 0 Å². The lowest BCUT2D eigenvalue weighted by atomic mass is 10.2. The van der Waals surface area contributed by atoms with Crippen LogP contribution in [0.2, 0.25) is 0 Å². The van der Waals surface area contributed by atoms with E-state index >= 15 is 0 Å². The standard InChI is InChI=1S/C17H27N3O3/c1-3-20(4-2)10-5-9-18-17(21)14-6-7-16(19-12-14)23-15-8-11-22-13-15/h6-7,12,15H,3-5,8-11,13H2,1-2H3,(H,18,21). The lowest BCUT2D eigenvalue weighted by Crippen LogP contribution is -2.30. The van der Waals surface area contributed by atoms with Gasteiger partial charge in [-0.15, -0.1) is 0 Å². The summed E-state index contributed by atoms with van der Waals surface area (Å²) in [7, 11) is 0. The van der Waals surface area contributed by atoms with Crippen molar-refractivity contribution >= 4 is 5.91 Å². The van der Waals surface area contributed by atoms with Crippen LogP contribution in [0, 0.1) is 0 Å². The average molecular weight is 321 g/mol. The molecule has 1 aliphatic heterocycles. The summed E-state index contributed by atoms with van der Waals surface area (Å²) in [5.74, 6) is 0.450. The van der Waals surface area contributed by atoms with E-state index < -0.39 is 0 Å². The molecule has 0 saturated carbocycles. The first-order valence-corrected chi connectivity index (χ1v) is 8.44. The second-order valence-electron chi connectivity index (χ2n) is 5.62. The van der Waals surface area contributed by atoms with E-state index in [-0.39, 0.29) is 12.0 Å². The zero-order valence-electron chi connectivity index (χ0n) is 14.1. The minimum Gasteiger partial charge on any atom is -0.472 e. The Bertz CT molecular complexity index is 468. The van der Waals surface area contributed by atoms with Crippen LogP contribution in [0.3, 0.4) is 0 Å². The van der Waals surface area contributed by atoms with Gasteiger partial charge in [-0.3, -0.25) is 4.79 Å². The lowest BCUT2D eigenvalue weighted by molar-refractivity contribution is 0.0951. The van der Waals surface area contributed by atoms with E-state index in [1.54, 1.807) is 18.3 Å². The summed E-state index contributed by atoms with van der Waals surface area (Å²) < 4.78 is 10.9. The maximum Gasteiger partial charge on any atom is 0.252 e. The van der Waals surface area contributed by atoms with Gasteiger partial charge >= 0.3 is 0 Å². The third-order valence-corrected chi connectivity index (χ3v) is 4.00. The summed E-state index contributed by atoms with van der Waals surface area (Å²) >= 11 is 0. The van der Waals surface area contributed by atoms with Crippen molar-refractivity contribution in [3.63, 3.8) is 0 Å². The molecule has 0 aromatic carbocycles. The summed E-state index contributed by atoms with van der Waals surface area (Å²) in [6.07, 6.45) is 3.47. The van der Waals surface area contributed by atoms with Crippen LogP contribution < -0.4 is 10.1 Å². The largest absolute Gasteiger partial charge is 0.472 e. The quantitative estimate of drug-likeness (QED) is 0.702. The number of aromatic nitrogens is 1. The molecule has 2 heterocycles. The number of amides is 1. The van der Waals surface area contributed by atoms with E-state index in [0.29, 0.717) is 24.6 Å². The van der Waals surface area contributed by atoms with Crippen LogP contribution in [0.25, 0.3) is 0 Å². The van der Waals surface area contributed by atoms with Crippen molar-refractivity contribution in [3.05, 3.63) is 23.9 Å². The second-order valence-corrected chi connectivity index (χ2v) is 5.62. The van der Waals surface area contributed by atoms with Crippen molar-refractivity contribution in [1.29, 1.82) is 0 Å². The SMILES string of the molecule is CCN(CC)CCCNC(=O)c1ccc(OC2CCOC2)nc1. The maximum atomic E-state index is 12.1. The van der Waals surface area contributed by atoms with E-state index in [1.165, 1.54) is 0 Å². The van der Waals surface area contributed by atoms with Gasteiger partial charge < -0.3 is 19.7 Å². The van der Waals surface area contributed by atoms with Crippen molar-refractivity contribution in [2.75, 3.05) is 39.4 Å². The van der Waals surface area contributed by atoms with E-state index in [9.17, 15) is 4.79 Å². The summed E-state index contributed by atoms with van der Waals surface area (Å²) in [6, 6.07) is 3.49. The van der Waals surface area contributed by atoms with Gasteiger partial charge in [0.15, 0.2) is 0 Å². The predicted octanol–water partition coefficient (Wildman–Crippen LogP) is 1.71. The lowest BCUT2D eigenvalue weighted by Gasteiger charge is -2.17. The molecule has 23 heavy (non-hydrogen) atoms. The third kappa shape index (κ3) is 5.80. The number of pyridine rings is 1. The van der Waals surface area contributed by atoms with Crippen LogP contribution in [0.5, 0.6) is 5.88 Å². The van der Waals surface area contributed by atoms with Gasteiger partial charge in [-0.05, 0) is 32.1 Å². The Labute approximate surface area is 138 Å². The highest BCUT2D eigenvalue weighted by Gasteiger charge is 2.17. The Hall–Kier alpha value is -1.66. The molecule has 0 aliphatic carbocycles. The monoisotopic (exact) mass is 321 g/mol. The normalized spacial score (nSPS) is 17.4. The molecule has 1 amide bonds. The molecule has 1 fully saturated rings.